The van der Waals surface area contributed by atoms with Crippen LogP contribution in [0.1, 0.15) is 49.2 Å². The summed E-state index contributed by atoms with van der Waals surface area (Å²) in [5.74, 6) is 0.121. The molecule has 0 spiro atoms. The van der Waals surface area contributed by atoms with E-state index in [1.807, 2.05) is 18.0 Å². The Hall–Kier alpha value is -1.38. The zero-order chi connectivity index (χ0) is 11.9. The minimum absolute atomic E-state index is 0.0440. The first-order valence-electron chi connectivity index (χ1n) is 5.71. The Bertz CT molecular complexity index is 432. The van der Waals surface area contributed by atoms with Crippen molar-refractivity contribution in [1.82, 2.24) is 9.88 Å². The Balaban J connectivity index is 2.53. The summed E-state index contributed by atoms with van der Waals surface area (Å²) in [6, 6.07) is 0. The van der Waals surface area contributed by atoms with E-state index in [4.69, 9.17) is 0 Å². The number of nitrogens with zero attached hydrogens (tertiary/aromatic N) is 2. The van der Waals surface area contributed by atoms with Gasteiger partial charge in [0.25, 0.3) is 5.91 Å². The maximum Gasteiger partial charge on any atom is 0.256 e. The lowest BCUT2D eigenvalue weighted by molar-refractivity contribution is 0.0787. The Morgan fingerprint density at radius 1 is 1.38 bits per heavy atom. The third-order valence-corrected chi connectivity index (χ3v) is 3.11. The van der Waals surface area contributed by atoms with Crippen LogP contribution in [0.5, 0.6) is 0 Å². The molecular formula is C13H18N2O. The predicted molar refractivity (Wildman–Crippen MR) is 63.4 cm³/mol. The van der Waals surface area contributed by atoms with Gasteiger partial charge in [-0.1, -0.05) is 20.8 Å². The van der Waals surface area contributed by atoms with E-state index in [9.17, 15) is 4.79 Å². The lowest BCUT2D eigenvalue weighted by Gasteiger charge is -2.21. The van der Waals surface area contributed by atoms with Gasteiger partial charge in [-0.25, -0.2) is 0 Å². The highest BCUT2D eigenvalue weighted by molar-refractivity contribution is 5.98. The molecule has 1 amide bonds. The first-order chi connectivity index (χ1) is 7.45. The molecule has 86 valence electrons. The summed E-state index contributed by atoms with van der Waals surface area (Å²) in [4.78, 5) is 18.0. The van der Waals surface area contributed by atoms with Crippen molar-refractivity contribution in [2.75, 3.05) is 6.54 Å². The van der Waals surface area contributed by atoms with Gasteiger partial charge in [-0.05, 0) is 23.5 Å². The molecule has 0 bridgehead atoms. The van der Waals surface area contributed by atoms with Gasteiger partial charge >= 0.3 is 0 Å². The number of hydrogen-bond donors (Lipinski definition) is 0. The molecular weight excluding hydrogens is 200 g/mol. The van der Waals surface area contributed by atoms with Crippen LogP contribution in [0, 0.1) is 0 Å². The van der Waals surface area contributed by atoms with Crippen LogP contribution in [-0.2, 0) is 12.0 Å². The summed E-state index contributed by atoms with van der Waals surface area (Å²) in [6.07, 6.45) is 3.59. The van der Waals surface area contributed by atoms with Crippen LogP contribution >= 0.6 is 0 Å². The van der Waals surface area contributed by atoms with Crippen molar-refractivity contribution in [2.45, 2.75) is 39.7 Å². The maximum absolute atomic E-state index is 12.0. The van der Waals surface area contributed by atoms with E-state index >= 15 is 0 Å². The minimum atomic E-state index is 0.0440. The molecule has 0 atom stereocenters. The summed E-state index contributed by atoms with van der Waals surface area (Å²) in [5, 5.41) is 0. The number of pyridine rings is 1. The molecule has 0 unspecified atom stereocenters. The Kier molecular flexibility index (Phi) is 2.49. The normalized spacial score (nSPS) is 15.5. The second-order valence-corrected chi connectivity index (χ2v) is 5.28. The van der Waals surface area contributed by atoms with Crippen molar-refractivity contribution in [1.29, 1.82) is 0 Å². The summed E-state index contributed by atoms with van der Waals surface area (Å²) in [5.41, 5.74) is 3.18. The van der Waals surface area contributed by atoms with Crippen molar-refractivity contribution >= 4 is 5.91 Å². The van der Waals surface area contributed by atoms with Crippen molar-refractivity contribution < 1.29 is 4.79 Å². The highest BCUT2D eigenvalue weighted by Gasteiger charge is 2.31. The summed E-state index contributed by atoms with van der Waals surface area (Å²) in [7, 11) is 0. The van der Waals surface area contributed by atoms with E-state index in [-0.39, 0.29) is 11.3 Å². The van der Waals surface area contributed by atoms with Crippen molar-refractivity contribution in [3.63, 3.8) is 0 Å². The first kappa shape index (κ1) is 11.1. The minimum Gasteiger partial charge on any atom is -0.335 e. The number of aromatic nitrogens is 1. The zero-order valence-corrected chi connectivity index (χ0v) is 10.4. The average molecular weight is 218 g/mol. The molecule has 0 aromatic carbocycles. The fourth-order valence-corrected chi connectivity index (χ4v) is 2.18. The lowest BCUT2D eigenvalue weighted by Crippen LogP contribution is -2.23. The van der Waals surface area contributed by atoms with Crippen LogP contribution in [-0.4, -0.2) is 22.3 Å². The molecule has 0 N–H and O–H groups in total. The Labute approximate surface area is 96.5 Å². The molecule has 0 fully saturated rings. The molecule has 1 aromatic heterocycles. The molecule has 0 saturated carbocycles. The van der Waals surface area contributed by atoms with Crippen LogP contribution < -0.4 is 0 Å². The largest absolute Gasteiger partial charge is 0.335 e. The molecule has 1 aliphatic heterocycles. The molecule has 0 saturated heterocycles. The van der Waals surface area contributed by atoms with E-state index in [1.165, 1.54) is 5.56 Å². The van der Waals surface area contributed by atoms with Gasteiger partial charge in [0, 0.05) is 25.5 Å². The van der Waals surface area contributed by atoms with Crippen LogP contribution in [0.4, 0.5) is 0 Å². The number of carbonyl (C=O) groups is 1. The topological polar surface area (TPSA) is 33.2 Å². The first-order valence-corrected chi connectivity index (χ1v) is 5.71. The Morgan fingerprint density at radius 3 is 2.62 bits per heavy atom. The third-order valence-electron chi connectivity index (χ3n) is 3.11. The van der Waals surface area contributed by atoms with Gasteiger partial charge in [0.1, 0.15) is 0 Å². The van der Waals surface area contributed by atoms with Crippen LogP contribution in [0.2, 0.25) is 0 Å². The monoisotopic (exact) mass is 218 g/mol. The quantitative estimate of drug-likeness (QED) is 0.725. The lowest BCUT2D eigenvalue weighted by atomic mass is 9.84. The van der Waals surface area contributed by atoms with Gasteiger partial charge in [-0.15, -0.1) is 0 Å². The van der Waals surface area contributed by atoms with Crippen molar-refractivity contribution in [3.05, 3.63) is 29.1 Å². The molecule has 3 heteroatoms. The van der Waals surface area contributed by atoms with E-state index in [2.05, 4.69) is 25.8 Å². The standard InChI is InChI=1S/C13H18N2O/c1-5-15-8-10-9(12(15)16)6-14-7-11(10)13(2,3)4/h6-7H,5,8H2,1-4H3. The summed E-state index contributed by atoms with van der Waals surface area (Å²) in [6.45, 7) is 9.97. The van der Waals surface area contributed by atoms with Crippen molar-refractivity contribution in [2.24, 2.45) is 0 Å². The molecule has 2 heterocycles. The van der Waals surface area contributed by atoms with E-state index in [1.54, 1.807) is 6.20 Å². The third kappa shape index (κ3) is 1.60. The van der Waals surface area contributed by atoms with E-state index in [0.717, 1.165) is 24.2 Å². The van der Waals surface area contributed by atoms with Gasteiger partial charge < -0.3 is 4.90 Å². The fourth-order valence-electron chi connectivity index (χ4n) is 2.18. The van der Waals surface area contributed by atoms with Crippen LogP contribution in [0.15, 0.2) is 12.4 Å². The molecule has 0 radical (unpaired) electrons. The number of fused-ring (bicyclic) bond motifs is 1. The second kappa shape index (κ2) is 3.58. The molecule has 16 heavy (non-hydrogen) atoms. The highest BCUT2D eigenvalue weighted by Crippen LogP contribution is 2.32. The van der Waals surface area contributed by atoms with E-state index in [0.29, 0.717) is 0 Å². The fraction of sp³-hybridized carbons (Fsp3) is 0.538. The molecule has 1 aliphatic rings. The van der Waals surface area contributed by atoms with Crippen LogP contribution in [0.25, 0.3) is 0 Å². The average Bonchev–Trinajstić information content (AvgIpc) is 2.54. The van der Waals surface area contributed by atoms with Gasteiger partial charge in [0.05, 0.1) is 5.56 Å². The van der Waals surface area contributed by atoms with Crippen LogP contribution in [0.3, 0.4) is 0 Å². The summed E-state index contributed by atoms with van der Waals surface area (Å²) < 4.78 is 0. The number of rotatable bonds is 1. The van der Waals surface area contributed by atoms with Gasteiger partial charge in [-0.2, -0.15) is 0 Å². The smallest absolute Gasteiger partial charge is 0.256 e. The molecule has 1 aromatic rings. The second-order valence-electron chi connectivity index (χ2n) is 5.28. The number of hydrogen-bond acceptors (Lipinski definition) is 2. The van der Waals surface area contributed by atoms with Gasteiger partial charge in [0.15, 0.2) is 0 Å². The summed E-state index contributed by atoms with van der Waals surface area (Å²) >= 11 is 0. The van der Waals surface area contributed by atoms with E-state index < -0.39 is 0 Å². The molecule has 0 aliphatic carbocycles. The Morgan fingerprint density at radius 2 is 2.06 bits per heavy atom. The maximum atomic E-state index is 12.0. The molecule has 3 nitrogen and oxygen atoms in total. The van der Waals surface area contributed by atoms with Crippen molar-refractivity contribution in [3.8, 4) is 0 Å². The van der Waals surface area contributed by atoms with Gasteiger partial charge in [-0.3, -0.25) is 9.78 Å². The SMILES string of the molecule is CCN1Cc2c(cncc2C(C)(C)C)C1=O. The zero-order valence-electron chi connectivity index (χ0n) is 10.4. The number of amides is 1. The predicted octanol–water partition coefficient (Wildman–Crippen LogP) is 2.35. The molecule has 2 rings (SSSR count). The highest BCUT2D eigenvalue weighted by atomic mass is 16.2. The van der Waals surface area contributed by atoms with Gasteiger partial charge in [0.2, 0.25) is 0 Å². The number of carbonyl (C=O) groups excluding carboxylic acids is 1.